The summed E-state index contributed by atoms with van der Waals surface area (Å²) >= 11 is 0. The SMILES string of the molecule is C=C1CCC(CC(O)C(CC)CC/C=C\C(=C/CC)C2CCc3cc(CC)ccc3C2CC2=CCC(CCCC)C=C2)CC1. The lowest BCUT2D eigenvalue weighted by atomic mass is 9.68. The van der Waals surface area contributed by atoms with Crippen molar-refractivity contribution in [2.24, 2.45) is 23.7 Å². The number of hydrogen-bond donors (Lipinski definition) is 1. The number of benzene rings is 1. The molecule has 3 aliphatic rings. The summed E-state index contributed by atoms with van der Waals surface area (Å²) in [6.45, 7) is 13.3. The summed E-state index contributed by atoms with van der Waals surface area (Å²) in [5.74, 6) is 2.90. The zero-order valence-electron chi connectivity index (χ0n) is 28.8. The molecular weight excluding hydrogens is 532 g/mol. The van der Waals surface area contributed by atoms with Crippen molar-refractivity contribution in [3.8, 4) is 0 Å². The molecular formula is C43H64O. The Balaban J connectivity index is 1.44. The highest BCUT2D eigenvalue weighted by Crippen LogP contribution is 2.45. The third-order valence-electron chi connectivity index (χ3n) is 11.2. The van der Waals surface area contributed by atoms with E-state index in [-0.39, 0.29) is 6.10 Å². The zero-order valence-corrected chi connectivity index (χ0v) is 28.8. The summed E-state index contributed by atoms with van der Waals surface area (Å²) in [5, 5.41) is 11.1. The Hall–Kier alpha value is -2.12. The molecule has 1 saturated carbocycles. The van der Waals surface area contributed by atoms with Crippen LogP contribution in [0.5, 0.6) is 0 Å². The standard InChI is InChI=1S/C43H64O/c1-6-10-14-34-21-23-35(24-22-34)30-42-40(28-26-39-29-33(8-3)25-27-41(39)42)38(13-7-2)16-12-11-15-37(9-4)43(44)31-36-19-17-32(5)18-20-36/h12-13,16,21,23-25,27,29,34,36-37,40,42-44H,5-11,14-15,17-20,22,26,28,30-31H2,1-4H3/b16-12-,38-13+. The van der Waals surface area contributed by atoms with E-state index >= 15 is 0 Å². The van der Waals surface area contributed by atoms with Crippen molar-refractivity contribution in [1.29, 1.82) is 0 Å². The number of aliphatic hydroxyl groups excluding tert-OH is 1. The van der Waals surface area contributed by atoms with Crippen LogP contribution in [0.3, 0.4) is 0 Å². The summed E-state index contributed by atoms with van der Waals surface area (Å²) < 4.78 is 0. The second-order valence-corrected chi connectivity index (χ2v) is 14.4. The lowest BCUT2D eigenvalue weighted by molar-refractivity contribution is 0.0706. The van der Waals surface area contributed by atoms with E-state index in [2.05, 4.69) is 88.9 Å². The lowest BCUT2D eigenvalue weighted by Gasteiger charge is -2.36. The van der Waals surface area contributed by atoms with Gasteiger partial charge in [-0.1, -0.05) is 119 Å². The van der Waals surface area contributed by atoms with Gasteiger partial charge in [0.05, 0.1) is 6.10 Å². The fourth-order valence-electron chi connectivity index (χ4n) is 8.26. The summed E-state index contributed by atoms with van der Waals surface area (Å²) in [6, 6.07) is 7.37. The van der Waals surface area contributed by atoms with Crippen molar-refractivity contribution in [3.63, 3.8) is 0 Å². The summed E-state index contributed by atoms with van der Waals surface area (Å²) in [4.78, 5) is 0. The Morgan fingerprint density at radius 2 is 1.89 bits per heavy atom. The van der Waals surface area contributed by atoms with Crippen LogP contribution in [0.25, 0.3) is 0 Å². The van der Waals surface area contributed by atoms with E-state index < -0.39 is 0 Å². The molecule has 5 atom stereocenters. The topological polar surface area (TPSA) is 20.2 Å². The molecule has 44 heavy (non-hydrogen) atoms. The minimum Gasteiger partial charge on any atom is -0.393 e. The number of fused-ring (bicyclic) bond motifs is 1. The maximum Gasteiger partial charge on any atom is 0.0571 e. The molecule has 242 valence electrons. The Morgan fingerprint density at radius 3 is 2.57 bits per heavy atom. The fourth-order valence-corrected chi connectivity index (χ4v) is 8.26. The van der Waals surface area contributed by atoms with Gasteiger partial charge in [0, 0.05) is 0 Å². The monoisotopic (exact) mass is 596 g/mol. The minimum atomic E-state index is -0.166. The number of rotatable bonds is 16. The molecule has 0 spiro atoms. The maximum atomic E-state index is 11.1. The third-order valence-corrected chi connectivity index (χ3v) is 11.2. The molecule has 1 fully saturated rings. The molecule has 0 radical (unpaired) electrons. The Kier molecular flexibility index (Phi) is 14.3. The van der Waals surface area contributed by atoms with Crippen molar-refractivity contribution in [2.45, 2.75) is 149 Å². The molecule has 4 rings (SSSR count). The van der Waals surface area contributed by atoms with Crippen LogP contribution in [0.4, 0.5) is 0 Å². The van der Waals surface area contributed by atoms with Gasteiger partial charge in [-0.15, -0.1) is 0 Å². The average Bonchev–Trinajstić information content (AvgIpc) is 3.04. The van der Waals surface area contributed by atoms with Gasteiger partial charge in [0.25, 0.3) is 0 Å². The highest BCUT2D eigenvalue weighted by Gasteiger charge is 2.32. The normalized spacial score (nSPS) is 24.4. The van der Waals surface area contributed by atoms with Crippen molar-refractivity contribution >= 4 is 0 Å². The van der Waals surface area contributed by atoms with Gasteiger partial charge in [-0.05, 0) is 142 Å². The first kappa shape index (κ1) is 34.7. The van der Waals surface area contributed by atoms with Crippen LogP contribution in [-0.2, 0) is 12.8 Å². The Morgan fingerprint density at radius 1 is 1.07 bits per heavy atom. The molecule has 5 unspecified atom stereocenters. The van der Waals surface area contributed by atoms with Gasteiger partial charge in [0.15, 0.2) is 0 Å². The second-order valence-electron chi connectivity index (χ2n) is 14.4. The summed E-state index contributed by atoms with van der Waals surface area (Å²) in [7, 11) is 0. The van der Waals surface area contributed by atoms with Crippen LogP contribution in [0, 0.1) is 23.7 Å². The number of hydrogen-bond acceptors (Lipinski definition) is 1. The second kappa shape index (κ2) is 18.1. The number of aliphatic hydroxyl groups is 1. The molecule has 1 aromatic rings. The van der Waals surface area contributed by atoms with E-state index in [1.807, 2.05) is 0 Å². The van der Waals surface area contributed by atoms with Crippen molar-refractivity contribution in [1.82, 2.24) is 0 Å². The van der Waals surface area contributed by atoms with Gasteiger partial charge in [-0.25, -0.2) is 0 Å². The van der Waals surface area contributed by atoms with E-state index in [1.54, 1.807) is 22.3 Å². The maximum absolute atomic E-state index is 11.1. The molecule has 1 aromatic carbocycles. The smallest absolute Gasteiger partial charge is 0.0571 e. The van der Waals surface area contributed by atoms with Crippen LogP contribution in [0.15, 0.2) is 78.0 Å². The number of aryl methyl sites for hydroxylation is 2. The number of allylic oxidation sites excluding steroid dienone is 9. The fraction of sp³-hybridized carbons (Fsp3) is 0.628. The Bertz CT molecular complexity index is 1150. The molecule has 0 heterocycles. The van der Waals surface area contributed by atoms with E-state index in [9.17, 15) is 5.11 Å². The quantitative estimate of drug-likeness (QED) is 0.149. The van der Waals surface area contributed by atoms with Gasteiger partial charge >= 0.3 is 0 Å². The first-order valence-corrected chi connectivity index (χ1v) is 18.7. The molecule has 3 aliphatic carbocycles. The minimum absolute atomic E-state index is 0.166. The molecule has 0 saturated heterocycles. The van der Waals surface area contributed by atoms with Crippen LogP contribution >= 0.6 is 0 Å². The summed E-state index contributed by atoms with van der Waals surface area (Å²) in [6.07, 6.45) is 34.6. The molecule has 0 aliphatic heterocycles. The lowest BCUT2D eigenvalue weighted by Crippen LogP contribution is -2.24. The third kappa shape index (κ3) is 9.94. The molecule has 1 N–H and O–H groups in total. The van der Waals surface area contributed by atoms with Crippen LogP contribution in [0.1, 0.15) is 147 Å². The Labute approximate surface area is 271 Å². The molecule has 1 heteroatoms. The van der Waals surface area contributed by atoms with E-state index in [0.29, 0.717) is 23.7 Å². The van der Waals surface area contributed by atoms with Gasteiger partial charge in [0.2, 0.25) is 0 Å². The highest BCUT2D eigenvalue weighted by atomic mass is 16.3. The number of unbranched alkanes of at least 4 members (excludes halogenated alkanes) is 1. The van der Waals surface area contributed by atoms with Gasteiger partial charge in [0.1, 0.15) is 0 Å². The first-order valence-electron chi connectivity index (χ1n) is 18.7. The van der Waals surface area contributed by atoms with E-state index in [0.717, 1.165) is 63.7 Å². The molecule has 0 aromatic heterocycles. The van der Waals surface area contributed by atoms with E-state index in [1.165, 1.54) is 62.5 Å². The van der Waals surface area contributed by atoms with Crippen LogP contribution < -0.4 is 0 Å². The predicted molar refractivity (Wildman–Crippen MR) is 192 cm³/mol. The first-order chi connectivity index (χ1) is 21.4. The van der Waals surface area contributed by atoms with E-state index in [4.69, 9.17) is 0 Å². The van der Waals surface area contributed by atoms with Gasteiger partial charge in [-0.3, -0.25) is 0 Å². The van der Waals surface area contributed by atoms with Crippen LogP contribution in [-0.4, -0.2) is 11.2 Å². The van der Waals surface area contributed by atoms with Gasteiger partial charge in [-0.2, -0.15) is 0 Å². The molecule has 0 bridgehead atoms. The van der Waals surface area contributed by atoms with Crippen LogP contribution in [0.2, 0.25) is 0 Å². The largest absolute Gasteiger partial charge is 0.393 e. The van der Waals surface area contributed by atoms with Crippen molar-refractivity contribution < 1.29 is 5.11 Å². The van der Waals surface area contributed by atoms with Gasteiger partial charge < -0.3 is 5.11 Å². The zero-order chi connectivity index (χ0) is 31.3. The molecule has 0 amide bonds. The molecule has 1 nitrogen and oxygen atoms in total. The predicted octanol–water partition coefficient (Wildman–Crippen LogP) is 12.2. The van der Waals surface area contributed by atoms with Crippen molar-refractivity contribution in [3.05, 3.63) is 94.6 Å². The van der Waals surface area contributed by atoms with Crippen molar-refractivity contribution in [2.75, 3.05) is 0 Å². The average molecular weight is 597 g/mol. The summed E-state index contributed by atoms with van der Waals surface area (Å²) in [5.41, 5.74) is 9.15. The highest BCUT2D eigenvalue weighted by molar-refractivity contribution is 5.42.